The number of phenols is 1. The van der Waals surface area contributed by atoms with Gasteiger partial charge in [0.1, 0.15) is 23.9 Å². The molecular weight excluding hydrogens is 496 g/mol. The molecule has 1 aromatic carbocycles. The van der Waals surface area contributed by atoms with Crippen LogP contribution < -0.4 is 33.2 Å². The first-order valence-corrected chi connectivity index (χ1v) is 12.5. The number of phenolic OH excluding ortho intramolecular Hbond substituents is 1. The number of aromatic hydroxyl groups is 1. The zero-order chi connectivity index (χ0) is 28.8. The number of benzene rings is 1. The van der Waals surface area contributed by atoms with Gasteiger partial charge in [0.2, 0.25) is 23.6 Å². The molecule has 0 saturated heterocycles. The van der Waals surface area contributed by atoms with E-state index < -0.39 is 59.7 Å². The highest BCUT2D eigenvalue weighted by Gasteiger charge is 2.31. The van der Waals surface area contributed by atoms with E-state index in [1.54, 1.807) is 26.0 Å². The predicted octanol–water partition coefficient (Wildman–Crippen LogP) is -1.15. The van der Waals surface area contributed by atoms with Crippen molar-refractivity contribution in [3.05, 3.63) is 29.8 Å². The maximum absolute atomic E-state index is 13.2. The van der Waals surface area contributed by atoms with Crippen molar-refractivity contribution in [1.29, 1.82) is 0 Å². The Morgan fingerprint density at radius 1 is 0.868 bits per heavy atom. The molecule has 4 amide bonds. The lowest BCUT2D eigenvalue weighted by Gasteiger charge is -2.26. The van der Waals surface area contributed by atoms with Gasteiger partial charge in [-0.2, -0.15) is 0 Å². The van der Waals surface area contributed by atoms with Crippen LogP contribution in [0.25, 0.3) is 0 Å². The van der Waals surface area contributed by atoms with Gasteiger partial charge in [-0.1, -0.05) is 26.0 Å². The molecule has 11 N–H and O–H groups in total. The Morgan fingerprint density at radius 3 is 1.95 bits per heavy atom. The molecule has 4 atom stereocenters. The molecule has 0 aliphatic carbocycles. The number of nitrogens with two attached hydrogens (primary N) is 3. The van der Waals surface area contributed by atoms with E-state index in [0.29, 0.717) is 24.9 Å². The molecule has 13 nitrogen and oxygen atoms in total. The van der Waals surface area contributed by atoms with Crippen LogP contribution in [0.15, 0.2) is 24.3 Å². The topological polar surface area (TPSA) is 240 Å². The number of carbonyl (C=O) groups is 5. The minimum Gasteiger partial charge on any atom is -0.508 e. The zero-order valence-corrected chi connectivity index (χ0v) is 21.8. The van der Waals surface area contributed by atoms with Crippen LogP contribution in [0.4, 0.5) is 0 Å². The third-order valence-corrected chi connectivity index (χ3v) is 5.85. The van der Waals surface area contributed by atoms with Crippen LogP contribution in [0.3, 0.4) is 0 Å². The molecule has 38 heavy (non-hydrogen) atoms. The summed E-state index contributed by atoms with van der Waals surface area (Å²) in [5.74, 6) is -4.42. The minimum atomic E-state index is -1.27. The molecule has 0 radical (unpaired) electrons. The first kappa shape index (κ1) is 32.3. The summed E-state index contributed by atoms with van der Waals surface area (Å²) < 4.78 is 0. The van der Waals surface area contributed by atoms with E-state index in [2.05, 4.69) is 16.0 Å². The van der Waals surface area contributed by atoms with Gasteiger partial charge in [0.05, 0.1) is 6.04 Å². The molecule has 0 aliphatic rings. The second-order valence-electron chi connectivity index (χ2n) is 9.46. The van der Waals surface area contributed by atoms with Crippen LogP contribution in [0.1, 0.15) is 51.5 Å². The summed E-state index contributed by atoms with van der Waals surface area (Å²) in [5, 5.41) is 26.3. The lowest BCUT2D eigenvalue weighted by atomic mass is 10.0. The molecule has 212 valence electrons. The molecule has 0 spiro atoms. The molecule has 4 unspecified atom stereocenters. The van der Waals surface area contributed by atoms with Crippen LogP contribution in [0, 0.1) is 5.92 Å². The van der Waals surface area contributed by atoms with Gasteiger partial charge in [-0.05, 0) is 62.3 Å². The molecule has 0 fully saturated rings. The van der Waals surface area contributed by atoms with E-state index in [-0.39, 0.29) is 31.4 Å². The van der Waals surface area contributed by atoms with E-state index >= 15 is 0 Å². The van der Waals surface area contributed by atoms with Crippen LogP contribution >= 0.6 is 0 Å². The fourth-order valence-corrected chi connectivity index (χ4v) is 3.61. The summed E-state index contributed by atoms with van der Waals surface area (Å²) in [6.45, 7) is 3.60. The van der Waals surface area contributed by atoms with E-state index in [1.807, 2.05) is 0 Å². The number of aliphatic carboxylic acids is 1. The molecule has 0 aliphatic heterocycles. The second-order valence-corrected chi connectivity index (χ2v) is 9.46. The summed E-state index contributed by atoms with van der Waals surface area (Å²) in [4.78, 5) is 61.7. The number of hydrogen-bond acceptors (Lipinski definition) is 8. The quantitative estimate of drug-likeness (QED) is 0.112. The number of carboxylic acid groups (broad SMARTS) is 1. The van der Waals surface area contributed by atoms with Gasteiger partial charge in [-0.15, -0.1) is 0 Å². The van der Waals surface area contributed by atoms with Crippen molar-refractivity contribution in [3.8, 4) is 5.75 Å². The van der Waals surface area contributed by atoms with Crippen LogP contribution in [-0.4, -0.2) is 70.5 Å². The number of amides is 4. The Labute approximate surface area is 221 Å². The van der Waals surface area contributed by atoms with Crippen molar-refractivity contribution >= 4 is 29.6 Å². The molecule has 0 aromatic heterocycles. The number of carboxylic acids is 1. The fraction of sp³-hybridized carbons (Fsp3) is 0.560. The van der Waals surface area contributed by atoms with Crippen molar-refractivity contribution in [1.82, 2.24) is 16.0 Å². The summed E-state index contributed by atoms with van der Waals surface area (Å²) in [5.41, 5.74) is 17.5. The number of carbonyl (C=O) groups excluding carboxylic acids is 4. The van der Waals surface area contributed by atoms with E-state index in [4.69, 9.17) is 17.2 Å². The van der Waals surface area contributed by atoms with Gasteiger partial charge in [-0.3, -0.25) is 19.2 Å². The summed E-state index contributed by atoms with van der Waals surface area (Å²) in [7, 11) is 0. The first-order chi connectivity index (χ1) is 17.8. The highest BCUT2D eigenvalue weighted by atomic mass is 16.4. The predicted molar refractivity (Wildman–Crippen MR) is 139 cm³/mol. The van der Waals surface area contributed by atoms with Crippen molar-refractivity contribution in [3.63, 3.8) is 0 Å². The summed E-state index contributed by atoms with van der Waals surface area (Å²) in [6, 6.07) is 1.63. The Hall–Kier alpha value is -3.71. The van der Waals surface area contributed by atoms with E-state index in [1.165, 1.54) is 12.1 Å². The van der Waals surface area contributed by atoms with Crippen LogP contribution in [0.2, 0.25) is 0 Å². The molecular formula is C25H40N6O7. The first-order valence-electron chi connectivity index (χ1n) is 12.5. The number of nitrogens with one attached hydrogen (secondary N) is 3. The Kier molecular flexibility index (Phi) is 13.8. The SMILES string of the molecule is CC(C)C(NC(=O)C(CCC(N)=O)NC(=O)C(CCCCN)NC(=O)C(N)Cc1ccc(O)cc1)C(=O)O. The van der Waals surface area contributed by atoms with Gasteiger partial charge in [0.25, 0.3) is 0 Å². The number of primary amides is 1. The second kappa shape index (κ2) is 16.2. The standard InChI is InChI=1S/C25H40N6O7/c1-14(2)21(25(37)38)31-24(36)19(10-11-20(28)33)30-23(35)18(5-3-4-12-26)29-22(34)17(27)13-15-6-8-16(32)9-7-15/h6-9,14,17-19,21,32H,3-5,10-13,26-27H2,1-2H3,(H2,28,33)(H,29,34)(H,30,35)(H,31,36)(H,37,38). The monoisotopic (exact) mass is 536 g/mol. The molecule has 1 rings (SSSR count). The molecule has 0 saturated carbocycles. The molecule has 1 aromatic rings. The Bertz CT molecular complexity index is 954. The van der Waals surface area contributed by atoms with Crippen LogP contribution in [-0.2, 0) is 30.4 Å². The largest absolute Gasteiger partial charge is 0.508 e. The van der Waals surface area contributed by atoms with E-state index in [0.717, 1.165) is 0 Å². The molecule has 0 heterocycles. The third kappa shape index (κ3) is 11.6. The normalized spacial score (nSPS) is 14.1. The highest BCUT2D eigenvalue weighted by molar-refractivity contribution is 5.94. The van der Waals surface area contributed by atoms with Crippen molar-refractivity contribution in [2.45, 2.75) is 76.5 Å². The fourth-order valence-electron chi connectivity index (χ4n) is 3.61. The van der Waals surface area contributed by atoms with Gasteiger partial charge in [0, 0.05) is 6.42 Å². The van der Waals surface area contributed by atoms with Crippen LogP contribution in [0.5, 0.6) is 5.75 Å². The molecule has 0 bridgehead atoms. The van der Waals surface area contributed by atoms with Gasteiger partial charge >= 0.3 is 5.97 Å². The van der Waals surface area contributed by atoms with Gasteiger partial charge < -0.3 is 43.4 Å². The maximum Gasteiger partial charge on any atom is 0.326 e. The van der Waals surface area contributed by atoms with Gasteiger partial charge in [-0.25, -0.2) is 4.79 Å². The number of unbranched alkanes of at least 4 members (excludes halogenated alkanes) is 1. The van der Waals surface area contributed by atoms with Gasteiger partial charge in [0.15, 0.2) is 0 Å². The average molecular weight is 537 g/mol. The minimum absolute atomic E-state index is 0.0707. The Balaban J connectivity index is 3.00. The Morgan fingerprint density at radius 2 is 1.42 bits per heavy atom. The number of rotatable bonds is 17. The smallest absolute Gasteiger partial charge is 0.326 e. The zero-order valence-electron chi connectivity index (χ0n) is 21.8. The van der Waals surface area contributed by atoms with Crippen molar-refractivity contribution in [2.75, 3.05) is 6.54 Å². The number of hydrogen-bond donors (Lipinski definition) is 8. The van der Waals surface area contributed by atoms with Crippen molar-refractivity contribution < 1.29 is 34.2 Å². The molecule has 13 heteroatoms. The summed E-state index contributed by atoms with van der Waals surface area (Å²) in [6.07, 6.45) is 1.03. The third-order valence-electron chi connectivity index (χ3n) is 5.85. The lowest BCUT2D eigenvalue weighted by molar-refractivity contribution is -0.143. The average Bonchev–Trinajstić information content (AvgIpc) is 2.84. The lowest BCUT2D eigenvalue weighted by Crippen LogP contribution is -2.57. The maximum atomic E-state index is 13.2. The highest BCUT2D eigenvalue weighted by Crippen LogP contribution is 2.12. The summed E-state index contributed by atoms with van der Waals surface area (Å²) >= 11 is 0. The van der Waals surface area contributed by atoms with Crippen molar-refractivity contribution in [2.24, 2.45) is 23.1 Å². The van der Waals surface area contributed by atoms with E-state index in [9.17, 15) is 34.2 Å².